The maximum Gasteiger partial charge on any atom is 0.251 e. The average Bonchev–Trinajstić information content (AvgIpc) is 2.28. The Balaban J connectivity index is 2.75. The molecular formula is C14H20FNO2. The van der Waals surface area contributed by atoms with Crippen LogP contribution in [-0.4, -0.2) is 23.7 Å². The molecule has 1 rings (SSSR count). The van der Waals surface area contributed by atoms with E-state index in [9.17, 15) is 9.18 Å². The van der Waals surface area contributed by atoms with Crippen molar-refractivity contribution in [2.75, 3.05) is 6.61 Å². The lowest BCUT2D eigenvalue weighted by molar-refractivity contribution is 0.0885. The van der Waals surface area contributed by atoms with Crippen LogP contribution in [0.25, 0.3) is 0 Å². The summed E-state index contributed by atoms with van der Waals surface area (Å²) >= 11 is 0. The van der Waals surface area contributed by atoms with Gasteiger partial charge >= 0.3 is 0 Å². The normalized spacial score (nSPS) is 13.2. The largest absolute Gasteiger partial charge is 0.396 e. The van der Waals surface area contributed by atoms with E-state index in [-0.39, 0.29) is 29.8 Å². The number of halogens is 1. The topological polar surface area (TPSA) is 49.3 Å². The molecule has 0 aromatic heterocycles. The summed E-state index contributed by atoms with van der Waals surface area (Å²) in [5.41, 5.74) is 0.280. The first-order valence-corrected chi connectivity index (χ1v) is 6.02. The minimum Gasteiger partial charge on any atom is -0.396 e. The van der Waals surface area contributed by atoms with Gasteiger partial charge in [-0.3, -0.25) is 4.79 Å². The molecular weight excluding hydrogens is 233 g/mol. The van der Waals surface area contributed by atoms with Crippen molar-refractivity contribution in [1.29, 1.82) is 0 Å². The Bertz CT molecular complexity index is 395. The predicted octanol–water partition coefficient (Wildman–Crippen LogP) is 2.35. The molecule has 0 radical (unpaired) electrons. The smallest absolute Gasteiger partial charge is 0.251 e. The Morgan fingerprint density at radius 1 is 1.33 bits per heavy atom. The van der Waals surface area contributed by atoms with Crippen molar-refractivity contribution in [2.24, 2.45) is 5.41 Å². The van der Waals surface area contributed by atoms with E-state index in [0.717, 1.165) is 0 Å². The molecule has 1 amide bonds. The van der Waals surface area contributed by atoms with Gasteiger partial charge in [-0.1, -0.05) is 20.8 Å². The number of hydrogen-bond donors (Lipinski definition) is 2. The van der Waals surface area contributed by atoms with Crippen LogP contribution in [0.15, 0.2) is 24.3 Å². The molecule has 0 aliphatic heterocycles. The minimum absolute atomic E-state index is 0.0195. The Morgan fingerprint density at radius 3 is 2.33 bits per heavy atom. The van der Waals surface area contributed by atoms with Crippen molar-refractivity contribution in [3.63, 3.8) is 0 Å². The van der Waals surface area contributed by atoms with Gasteiger partial charge in [-0.05, 0) is 36.1 Å². The first kappa shape index (κ1) is 14.6. The van der Waals surface area contributed by atoms with Crippen LogP contribution >= 0.6 is 0 Å². The highest BCUT2D eigenvalue weighted by Gasteiger charge is 2.25. The molecule has 4 heteroatoms. The monoisotopic (exact) mass is 253 g/mol. The summed E-state index contributed by atoms with van der Waals surface area (Å²) in [6, 6.07) is 5.28. The van der Waals surface area contributed by atoms with Gasteiger partial charge in [0, 0.05) is 18.2 Å². The third-order valence-electron chi connectivity index (χ3n) is 2.87. The Kier molecular flexibility index (Phi) is 4.84. The van der Waals surface area contributed by atoms with Crippen molar-refractivity contribution in [1.82, 2.24) is 5.32 Å². The van der Waals surface area contributed by atoms with E-state index >= 15 is 0 Å². The van der Waals surface area contributed by atoms with Crippen LogP contribution in [0.5, 0.6) is 0 Å². The number of aliphatic hydroxyl groups is 1. The quantitative estimate of drug-likeness (QED) is 0.865. The average molecular weight is 253 g/mol. The summed E-state index contributed by atoms with van der Waals surface area (Å²) in [6.07, 6.45) is 0.496. The molecule has 0 heterocycles. The van der Waals surface area contributed by atoms with Gasteiger partial charge in [0.1, 0.15) is 5.82 Å². The maximum absolute atomic E-state index is 12.8. The van der Waals surface area contributed by atoms with Crippen LogP contribution in [-0.2, 0) is 0 Å². The summed E-state index contributed by atoms with van der Waals surface area (Å²) in [6.45, 7) is 6.01. The number of carbonyl (C=O) groups excluding carboxylic acids is 1. The zero-order valence-corrected chi connectivity index (χ0v) is 11.0. The van der Waals surface area contributed by atoms with Gasteiger partial charge in [0.25, 0.3) is 5.91 Å². The molecule has 1 unspecified atom stereocenters. The molecule has 2 N–H and O–H groups in total. The summed E-state index contributed by atoms with van der Waals surface area (Å²) in [7, 11) is 0. The lowest BCUT2D eigenvalue weighted by Gasteiger charge is -2.31. The minimum atomic E-state index is -0.366. The number of nitrogens with one attached hydrogen (secondary N) is 1. The molecule has 1 aromatic rings. The lowest BCUT2D eigenvalue weighted by atomic mass is 9.85. The molecule has 0 aliphatic carbocycles. The fourth-order valence-electron chi connectivity index (χ4n) is 1.69. The fraction of sp³-hybridized carbons (Fsp3) is 0.500. The van der Waals surface area contributed by atoms with Gasteiger partial charge in [0.05, 0.1) is 0 Å². The van der Waals surface area contributed by atoms with E-state index in [0.29, 0.717) is 12.0 Å². The third-order valence-corrected chi connectivity index (χ3v) is 2.87. The van der Waals surface area contributed by atoms with Crippen molar-refractivity contribution in [2.45, 2.75) is 33.2 Å². The molecule has 0 saturated heterocycles. The highest BCUT2D eigenvalue weighted by atomic mass is 19.1. The van der Waals surface area contributed by atoms with Crippen LogP contribution in [0.1, 0.15) is 37.6 Å². The van der Waals surface area contributed by atoms with E-state index in [1.165, 1.54) is 24.3 Å². The number of amides is 1. The van der Waals surface area contributed by atoms with Crippen LogP contribution in [0, 0.1) is 11.2 Å². The van der Waals surface area contributed by atoms with Gasteiger partial charge in [-0.2, -0.15) is 0 Å². The Morgan fingerprint density at radius 2 is 1.89 bits per heavy atom. The third kappa shape index (κ3) is 4.11. The molecule has 18 heavy (non-hydrogen) atoms. The van der Waals surface area contributed by atoms with Gasteiger partial charge < -0.3 is 10.4 Å². The van der Waals surface area contributed by atoms with Gasteiger partial charge in [0.15, 0.2) is 0 Å². The Hall–Kier alpha value is -1.42. The highest BCUT2D eigenvalue weighted by Crippen LogP contribution is 2.22. The summed E-state index contributed by atoms with van der Waals surface area (Å²) in [5.74, 6) is -0.613. The molecule has 0 bridgehead atoms. The first-order valence-electron chi connectivity index (χ1n) is 6.02. The van der Waals surface area contributed by atoms with Gasteiger partial charge in [0.2, 0.25) is 0 Å². The molecule has 1 atom stereocenters. The zero-order chi connectivity index (χ0) is 13.8. The standard InChI is InChI=1S/C14H20FNO2/c1-14(2,3)12(8-9-17)16-13(18)10-4-6-11(15)7-5-10/h4-7,12,17H,8-9H2,1-3H3,(H,16,18). The summed E-state index contributed by atoms with van der Waals surface area (Å²) in [4.78, 5) is 12.0. The van der Waals surface area contributed by atoms with E-state index < -0.39 is 0 Å². The Labute approximate surface area is 107 Å². The van der Waals surface area contributed by atoms with Crippen LogP contribution < -0.4 is 5.32 Å². The molecule has 0 saturated carbocycles. The fourth-order valence-corrected chi connectivity index (χ4v) is 1.69. The van der Waals surface area contributed by atoms with Crippen LogP contribution in [0.3, 0.4) is 0 Å². The second kappa shape index (κ2) is 5.96. The summed E-state index contributed by atoms with van der Waals surface area (Å²) in [5, 5.41) is 11.9. The van der Waals surface area contributed by atoms with Crippen molar-refractivity contribution < 1.29 is 14.3 Å². The highest BCUT2D eigenvalue weighted by molar-refractivity contribution is 5.94. The molecule has 1 aromatic carbocycles. The second-order valence-corrected chi connectivity index (χ2v) is 5.41. The molecule has 100 valence electrons. The SMILES string of the molecule is CC(C)(C)C(CCO)NC(=O)c1ccc(F)cc1. The number of rotatable bonds is 4. The van der Waals surface area contributed by atoms with Crippen molar-refractivity contribution in [3.05, 3.63) is 35.6 Å². The maximum atomic E-state index is 12.8. The summed E-state index contributed by atoms with van der Waals surface area (Å²) < 4.78 is 12.8. The molecule has 0 aliphatic rings. The zero-order valence-electron chi connectivity index (χ0n) is 11.0. The van der Waals surface area contributed by atoms with E-state index in [1.807, 2.05) is 20.8 Å². The molecule has 0 fully saturated rings. The van der Waals surface area contributed by atoms with Crippen LogP contribution in [0.2, 0.25) is 0 Å². The van der Waals surface area contributed by atoms with Gasteiger partial charge in [-0.15, -0.1) is 0 Å². The van der Waals surface area contributed by atoms with Crippen LogP contribution in [0.4, 0.5) is 4.39 Å². The first-order chi connectivity index (χ1) is 8.34. The molecule has 3 nitrogen and oxygen atoms in total. The number of hydrogen-bond acceptors (Lipinski definition) is 2. The van der Waals surface area contributed by atoms with Gasteiger partial charge in [-0.25, -0.2) is 4.39 Å². The number of aliphatic hydroxyl groups excluding tert-OH is 1. The number of carbonyl (C=O) groups is 1. The number of benzene rings is 1. The van der Waals surface area contributed by atoms with Crippen molar-refractivity contribution >= 4 is 5.91 Å². The van der Waals surface area contributed by atoms with E-state index in [2.05, 4.69) is 5.32 Å². The van der Waals surface area contributed by atoms with E-state index in [4.69, 9.17) is 5.11 Å². The van der Waals surface area contributed by atoms with Crippen molar-refractivity contribution in [3.8, 4) is 0 Å². The predicted molar refractivity (Wildman–Crippen MR) is 68.8 cm³/mol. The van der Waals surface area contributed by atoms with E-state index in [1.54, 1.807) is 0 Å². The lowest BCUT2D eigenvalue weighted by Crippen LogP contribution is -2.44. The second-order valence-electron chi connectivity index (χ2n) is 5.41. The molecule has 0 spiro atoms.